The van der Waals surface area contributed by atoms with Crippen molar-refractivity contribution in [1.82, 2.24) is 0 Å². The van der Waals surface area contributed by atoms with Gasteiger partial charge in [0.2, 0.25) is 0 Å². The Morgan fingerprint density at radius 3 is 2.44 bits per heavy atom. The first kappa shape index (κ1) is 27.2. The van der Waals surface area contributed by atoms with Crippen LogP contribution in [0.4, 0.5) is 10.1 Å². The Bertz CT molecular complexity index is 1390. The van der Waals surface area contributed by atoms with Gasteiger partial charge >= 0.3 is 0 Å². The monoisotopic (exact) mass is 545 g/mol. The molecule has 0 aliphatic carbocycles. The first-order valence-electron chi connectivity index (χ1n) is 13.2. The number of ether oxygens (including phenoxy) is 3. The molecule has 1 heterocycles. The summed E-state index contributed by atoms with van der Waals surface area (Å²) in [7, 11) is 0. The van der Waals surface area contributed by atoms with E-state index in [4.69, 9.17) is 25.8 Å². The minimum absolute atomic E-state index is 0.249. The van der Waals surface area contributed by atoms with Crippen LogP contribution in [-0.2, 0) is 29.0 Å². The molecule has 1 N–H and O–H groups in total. The summed E-state index contributed by atoms with van der Waals surface area (Å²) in [5.74, 6) is 0.513. The van der Waals surface area contributed by atoms with Crippen molar-refractivity contribution in [3.05, 3.63) is 130 Å². The zero-order valence-corrected chi connectivity index (χ0v) is 23.0. The average Bonchev–Trinajstić information content (AvgIpc) is 2.92. The molecule has 0 radical (unpaired) electrons. The van der Waals surface area contributed by atoms with Crippen LogP contribution in [-0.4, -0.2) is 18.3 Å². The van der Waals surface area contributed by atoms with Crippen LogP contribution in [0.3, 0.4) is 0 Å². The van der Waals surface area contributed by atoms with Gasteiger partial charge in [0.25, 0.3) is 0 Å². The van der Waals surface area contributed by atoms with E-state index in [1.54, 1.807) is 6.07 Å². The minimum Gasteiger partial charge on any atom is -0.485 e. The van der Waals surface area contributed by atoms with Gasteiger partial charge in [0.1, 0.15) is 29.4 Å². The number of halogens is 2. The van der Waals surface area contributed by atoms with Gasteiger partial charge in [-0.15, -0.1) is 0 Å². The van der Waals surface area contributed by atoms with Gasteiger partial charge in [-0.25, -0.2) is 4.39 Å². The molecule has 0 spiro atoms. The SMILES string of the molecule is CC1(C)Oc2ccc(NCc3cccc(F)c3)cc2C(OCCc2ccccc2)C1OCc1ccccc1Cl. The summed E-state index contributed by atoms with van der Waals surface area (Å²) in [4.78, 5) is 0. The third-order valence-corrected chi connectivity index (χ3v) is 7.31. The number of nitrogens with one attached hydrogen (secondary N) is 1. The fourth-order valence-electron chi connectivity index (χ4n) is 4.90. The summed E-state index contributed by atoms with van der Waals surface area (Å²) in [5, 5.41) is 4.07. The molecule has 1 aliphatic rings. The molecule has 2 unspecified atom stereocenters. The van der Waals surface area contributed by atoms with Gasteiger partial charge in [0.15, 0.2) is 0 Å². The van der Waals surface area contributed by atoms with Crippen LogP contribution in [0, 0.1) is 5.82 Å². The van der Waals surface area contributed by atoms with Gasteiger partial charge in [0, 0.05) is 22.8 Å². The maximum absolute atomic E-state index is 13.7. The molecule has 5 rings (SSSR count). The molecular formula is C33H33ClFNO3. The van der Waals surface area contributed by atoms with Gasteiger partial charge in [-0.05, 0) is 73.4 Å². The van der Waals surface area contributed by atoms with Crippen molar-refractivity contribution < 1.29 is 18.6 Å². The molecule has 4 aromatic rings. The standard InChI is InChI=1S/C33H33ClFNO3/c1-33(2)32(38-22-25-12-6-7-14-29(25)34)31(37-18-17-23-9-4-3-5-10-23)28-20-27(15-16-30(28)39-33)36-21-24-11-8-13-26(35)19-24/h3-16,19-20,31-32,36H,17-18,21-22H2,1-2H3. The highest BCUT2D eigenvalue weighted by Crippen LogP contribution is 2.45. The zero-order chi connectivity index (χ0) is 27.2. The maximum atomic E-state index is 13.7. The number of fused-ring (bicyclic) bond motifs is 1. The van der Waals surface area contributed by atoms with Crippen molar-refractivity contribution in [2.45, 2.75) is 51.2 Å². The summed E-state index contributed by atoms with van der Waals surface area (Å²) >= 11 is 6.42. The molecule has 0 saturated heterocycles. The summed E-state index contributed by atoms with van der Waals surface area (Å²) in [6, 6.07) is 30.5. The number of benzene rings is 4. The first-order chi connectivity index (χ1) is 18.9. The third kappa shape index (κ3) is 6.80. The van der Waals surface area contributed by atoms with Crippen molar-refractivity contribution in [3.8, 4) is 5.75 Å². The van der Waals surface area contributed by atoms with Crippen LogP contribution in [0.5, 0.6) is 5.75 Å². The first-order valence-corrected chi connectivity index (χ1v) is 13.6. The molecule has 1 aliphatic heterocycles. The molecule has 6 heteroatoms. The van der Waals surface area contributed by atoms with E-state index >= 15 is 0 Å². The van der Waals surface area contributed by atoms with Crippen LogP contribution >= 0.6 is 11.6 Å². The highest BCUT2D eigenvalue weighted by molar-refractivity contribution is 6.31. The van der Waals surface area contributed by atoms with Crippen LogP contribution in [0.2, 0.25) is 5.02 Å². The summed E-state index contributed by atoms with van der Waals surface area (Å²) < 4.78 is 33.2. The fourth-order valence-corrected chi connectivity index (χ4v) is 5.09. The van der Waals surface area contributed by atoms with Gasteiger partial charge < -0.3 is 19.5 Å². The van der Waals surface area contributed by atoms with Gasteiger partial charge in [-0.3, -0.25) is 0 Å². The highest BCUT2D eigenvalue weighted by atomic mass is 35.5. The van der Waals surface area contributed by atoms with Crippen molar-refractivity contribution in [2.75, 3.05) is 11.9 Å². The minimum atomic E-state index is -0.651. The van der Waals surface area contributed by atoms with Crippen LogP contribution in [0.25, 0.3) is 0 Å². The van der Waals surface area contributed by atoms with Crippen LogP contribution in [0.1, 0.15) is 42.2 Å². The largest absolute Gasteiger partial charge is 0.485 e. The molecule has 2 atom stereocenters. The Hall–Kier alpha value is -3.38. The molecule has 4 nitrogen and oxygen atoms in total. The predicted octanol–water partition coefficient (Wildman–Crippen LogP) is 8.15. The lowest BCUT2D eigenvalue weighted by atomic mass is 9.87. The van der Waals surface area contributed by atoms with E-state index in [0.717, 1.165) is 34.5 Å². The summed E-state index contributed by atoms with van der Waals surface area (Å²) in [6.45, 7) is 5.40. The van der Waals surface area contributed by atoms with E-state index in [1.807, 2.05) is 80.6 Å². The second kappa shape index (κ2) is 12.2. The van der Waals surface area contributed by atoms with Crippen LogP contribution in [0.15, 0.2) is 97.1 Å². The molecule has 0 saturated carbocycles. The summed E-state index contributed by atoms with van der Waals surface area (Å²) in [5.41, 5.74) is 4.14. The van der Waals surface area contributed by atoms with E-state index in [-0.39, 0.29) is 11.9 Å². The lowest BCUT2D eigenvalue weighted by Crippen LogP contribution is -2.51. The Kier molecular flexibility index (Phi) is 8.51. The Morgan fingerprint density at radius 2 is 1.64 bits per heavy atom. The molecule has 0 amide bonds. The lowest BCUT2D eigenvalue weighted by Gasteiger charge is -2.44. The van der Waals surface area contributed by atoms with Crippen molar-refractivity contribution in [1.29, 1.82) is 0 Å². The van der Waals surface area contributed by atoms with E-state index in [1.165, 1.54) is 17.7 Å². The zero-order valence-electron chi connectivity index (χ0n) is 22.2. The van der Waals surface area contributed by atoms with Gasteiger partial charge in [0.05, 0.1) is 13.2 Å². The van der Waals surface area contributed by atoms with Crippen molar-refractivity contribution >= 4 is 17.3 Å². The quantitative estimate of drug-likeness (QED) is 0.218. The number of hydrogen-bond acceptors (Lipinski definition) is 4. The second-order valence-electron chi connectivity index (χ2n) is 10.3. The average molecular weight is 546 g/mol. The van der Waals surface area contributed by atoms with E-state index in [9.17, 15) is 4.39 Å². The Balaban J connectivity index is 1.40. The maximum Gasteiger partial charge on any atom is 0.132 e. The van der Waals surface area contributed by atoms with E-state index in [0.29, 0.717) is 24.8 Å². The Morgan fingerprint density at radius 1 is 0.872 bits per heavy atom. The molecule has 202 valence electrons. The topological polar surface area (TPSA) is 39.7 Å². The third-order valence-electron chi connectivity index (χ3n) is 6.94. The van der Waals surface area contributed by atoms with E-state index < -0.39 is 11.7 Å². The van der Waals surface area contributed by atoms with E-state index in [2.05, 4.69) is 17.4 Å². The number of hydrogen-bond donors (Lipinski definition) is 1. The normalized spacial score (nSPS) is 17.7. The van der Waals surface area contributed by atoms with Crippen molar-refractivity contribution in [2.24, 2.45) is 0 Å². The predicted molar refractivity (Wildman–Crippen MR) is 154 cm³/mol. The highest BCUT2D eigenvalue weighted by Gasteiger charge is 2.45. The lowest BCUT2D eigenvalue weighted by molar-refractivity contribution is -0.167. The fraction of sp³-hybridized carbons (Fsp3) is 0.273. The number of rotatable bonds is 10. The summed E-state index contributed by atoms with van der Waals surface area (Å²) in [6.07, 6.45) is 0.0179. The van der Waals surface area contributed by atoms with Crippen molar-refractivity contribution in [3.63, 3.8) is 0 Å². The molecule has 4 aromatic carbocycles. The molecular weight excluding hydrogens is 513 g/mol. The van der Waals surface area contributed by atoms with Crippen LogP contribution < -0.4 is 10.1 Å². The molecule has 39 heavy (non-hydrogen) atoms. The molecule has 0 aromatic heterocycles. The number of anilines is 1. The van der Waals surface area contributed by atoms with Gasteiger partial charge in [-0.1, -0.05) is 72.3 Å². The molecule has 0 fully saturated rings. The Labute approximate surface area is 234 Å². The second-order valence-corrected chi connectivity index (χ2v) is 10.7. The smallest absolute Gasteiger partial charge is 0.132 e. The molecule has 0 bridgehead atoms. The van der Waals surface area contributed by atoms with Gasteiger partial charge in [-0.2, -0.15) is 0 Å².